The van der Waals surface area contributed by atoms with Crippen LogP contribution >= 0.6 is 0 Å². The molecule has 1 saturated carbocycles. The van der Waals surface area contributed by atoms with Crippen LogP contribution in [0.2, 0.25) is 0 Å². The summed E-state index contributed by atoms with van der Waals surface area (Å²) < 4.78 is 12.3. The molecule has 2 bridgehead atoms. The number of likely N-dealkylation sites (tertiary alicyclic amines) is 1. The molecule has 1 saturated heterocycles. The number of hydrogen-bond donors (Lipinski definition) is 1. The molecule has 1 N–H and O–H groups in total. The molecule has 2 fully saturated rings. The third-order valence-electron chi connectivity index (χ3n) is 6.83. The molecule has 4 heteroatoms. The molecule has 1 aromatic rings. The molecule has 2 heterocycles. The lowest BCUT2D eigenvalue weighted by Gasteiger charge is -2.59. The number of aliphatic hydroxyl groups is 1. The van der Waals surface area contributed by atoms with Crippen LogP contribution in [0.1, 0.15) is 37.3 Å². The molecule has 1 aromatic carbocycles. The zero-order valence-corrected chi connectivity index (χ0v) is 13.9. The summed E-state index contributed by atoms with van der Waals surface area (Å²) in [5.41, 5.74) is 2.79. The van der Waals surface area contributed by atoms with E-state index in [1.54, 1.807) is 0 Å². The first-order chi connectivity index (χ1) is 11.2. The van der Waals surface area contributed by atoms with Crippen molar-refractivity contribution in [3.63, 3.8) is 0 Å². The predicted octanol–water partition coefficient (Wildman–Crippen LogP) is 2.12. The first-order valence-corrected chi connectivity index (χ1v) is 9.01. The molecule has 1 spiro atoms. The van der Waals surface area contributed by atoms with Crippen LogP contribution in [0, 0.1) is 5.92 Å². The molecule has 5 atom stereocenters. The minimum atomic E-state index is -0.211. The lowest BCUT2D eigenvalue weighted by atomic mass is 9.51. The fraction of sp³-hybridized carbons (Fsp3) is 0.684. The standard InChI is InChI=1S/C19H25NO3/c1-3-22-14-6-4-11-10-12-17-13(21)5-7-15-19(17,8-9-20(12)2)16(11)18(14)23-15/h4,6,12-13,15,17,21H,3,5,7-10H2,1-2H3/t12-,13-,15+,17-,19-/m1/s1. The van der Waals surface area contributed by atoms with Gasteiger partial charge in [-0.3, -0.25) is 0 Å². The van der Waals surface area contributed by atoms with Gasteiger partial charge < -0.3 is 19.5 Å². The molecule has 124 valence electrons. The van der Waals surface area contributed by atoms with E-state index in [4.69, 9.17) is 9.47 Å². The molecular formula is C19H25NO3. The highest BCUT2D eigenvalue weighted by atomic mass is 16.5. The zero-order valence-electron chi connectivity index (χ0n) is 13.9. The minimum Gasteiger partial charge on any atom is -0.490 e. The van der Waals surface area contributed by atoms with E-state index in [-0.39, 0.29) is 17.6 Å². The molecule has 0 aromatic heterocycles. The van der Waals surface area contributed by atoms with Crippen molar-refractivity contribution in [1.29, 1.82) is 0 Å². The van der Waals surface area contributed by atoms with Gasteiger partial charge in [0.15, 0.2) is 11.5 Å². The number of piperidine rings is 1. The summed E-state index contributed by atoms with van der Waals surface area (Å²) in [6.45, 7) is 3.76. The smallest absolute Gasteiger partial charge is 0.165 e. The van der Waals surface area contributed by atoms with E-state index < -0.39 is 0 Å². The van der Waals surface area contributed by atoms with E-state index in [1.807, 2.05) is 6.92 Å². The van der Waals surface area contributed by atoms with Gasteiger partial charge in [0, 0.05) is 22.9 Å². The van der Waals surface area contributed by atoms with Crippen molar-refractivity contribution in [2.45, 2.75) is 56.3 Å². The van der Waals surface area contributed by atoms with Crippen LogP contribution < -0.4 is 9.47 Å². The summed E-state index contributed by atoms with van der Waals surface area (Å²) in [6.07, 6.45) is 3.91. The molecule has 23 heavy (non-hydrogen) atoms. The molecule has 5 rings (SSSR count). The number of nitrogens with zero attached hydrogens (tertiary/aromatic N) is 1. The number of hydrogen-bond acceptors (Lipinski definition) is 4. The maximum Gasteiger partial charge on any atom is 0.165 e. The monoisotopic (exact) mass is 315 g/mol. The van der Waals surface area contributed by atoms with Gasteiger partial charge in [0.1, 0.15) is 6.10 Å². The highest BCUT2D eigenvalue weighted by molar-refractivity contribution is 5.61. The number of benzene rings is 1. The number of likely N-dealkylation sites (N-methyl/N-ethyl adjacent to an activating group) is 1. The molecule has 4 aliphatic rings. The van der Waals surface area contributed by atoms with Crippen LogP contribution in [0.25, 0.3) is 0 Å². The Labute approximate surface area is 137 Å². The second-order valence-electron chi connectivity index (χ2n) is 7.68. The molecule has 2 aliphatic heterocycles. The fourth-order valence-corrected chi connectivity index (χ4v) is 5.98. The van der Waals surface area contributed by atoms with Crippen LogP contribution in [0.3, 0.4) is 0 Å². The third-order valence-corrected chi connectivity index (χ3v) is 6.83. The van der Waals surface area contributed by atoms with Crippen LogP contribution in [0.4, 0.5) is 0 Å². The Bertz CT molecular complexity index is 660. The highest BCUT2D eigenvalue weighted by Crippen LogP contribution is 2.63. The Morgan fingerprint density at radius 1 is 1.39 bits per heavy atom. The van der Waals surface area contributed by atoms with Crippen LogP contribution in [-0.4, -0.2) is 48.5 Å². The van der Waals surface area contributed by atoms with Crippen molar-refractivity contribution in [3.05, 3.63) is 23.3 Å². The molecule has 0 radical (unpaired) electrons. The van der Waals surface area contributed by atoms with Crippen LogP contribution in [-0.2, 0) is 11.8 Å². The second-order valence-corrected chi connectivity index (χ2v) is 7.68. The molecule has 4 nitrogen and oxygen atoms in total. The van der Waals surface area contributed by atoms with Gasteiger partial charge in [0.25, 0.3) is 0 Å². The molecule has 0 unspecified atom stereocenters. The Morgan fingerprint density at radius 2 is 2.26 bits per heavy atom. The van der Waals surface area contributed by atoms with Gasteiger partial charge in [0.05, 0.1) is 12.7 Å². The first kappa shape index (κ1) is 14.1. The van der Waals surface area contributed by atoms with E-state index in [0.29, 0.717) is 18.6 Å². The molecule has 0 amide bonds. The summed E-state index contributed by atoms with van der Waals surface area (Å²) in [6, 6.07) is 4.75. The lowest BCUT2D eigenvalue weighted by Crippen LogP contribution is -2.67. The maximum atomic E-state index is 10.8. The highest BCUT2D eigenvalue weighted by Gasteiger charge is 2.65. The molecular weight excluding hydrogens is 290 g/mol. The summed E-state index contributed by atoms with van der Waals surface area (Å²) in [5.74, 6) is 2.17. The van der Waals surface area contributed by atoms with E-state index >= 15 is 0 Å². The van der Waals surface area contributed by atoms with Gasteiger partial charge in [-0.1, -0.05) is 6.07 Å². The van der Waals surface area contributed by atoms with E-state index in [2.05, 4.69) is 24.1 Å². The first-order valence-electron chi connectivity index (χ1n) is 9.01. The topological polar surface area (TPSA) is 41.9 Å². The van der Waals surface area contributed by atoms with Gasteiger partial charge in [-0.2, -0.15) is 0 Å². The van der Waals surface area contributed by atoms with Gasteiger partial charge in [-0.05, 0) is 57.8 Å². The molecule has 2 aliphatic carbocycles. The largest absolute Gasteiger partial charge is 0.490 e. The fourth-order valence-electron chi connectivity index (χ4n) is 5.98. The summed E-state index contributed by atoms with van der Waals surface area (Å²) in [4.78, 5) is 2.46. The minimum absolute atomic E-state index is 0.00483. The van der Waals surface area contributed by atoms with Crippen LogP contribution in [0.15, 0.2) is 12.1 Å². The van der Waals surface area contributed by atoms with Gasteiger partial charge in [-0.15, -0.1) is 0 Å². The van der Waals surface area contributed by atoms with Gasteiger partial charge in [0.2, 0.25) is 0 Å². The van der Waals surface area contributed by atoms with Crippen molar-refractivity contribution in [1.82, 2.24) is 4.90 Å². The SMILES string of the molecule is CCOc1ccc2c3c1O[C@H]1CC[C@@H](O)[C@H]4[C@@H](C2)N(C)CC[C@@]341. The summed E-state index contributed by atoms with van der Waals surface area (Å²) in [7, 11) is 2.21. The summed E-state index contributed by atoms with van der Waals surface area (Å²) >= 11 is 0. The Hall–Kier alpha value is -1.26. The number of aliphatic hydroxyl groups excluding tert-OH is 1. The average molecular weight is 315 g/mol. The Balaban J connectivity index is 1.76. The average Bonchev–Trinajstić information content (AvgIpc) is 2.88. The number of rotatable bonds is 2. The van der Waals surface area contributed by atoms with Crippen molar-refractivity contribution in [3.8, 4) is 11.5 Å². The van der Waals surface area contributed by atoms with Crippen molar-refractivity contribution in [2.75, 3.05) is 20.2 Å². The Kier molecular flexibility index (Phi) is 2.85. The third kappa shape index (κ3) is 1.59. The maximum absolute atomic E-state index is 10.8. The van der Waals surface area contributed by atoms with Gasteiger partial charge in [-0.25, -0.2) is 0 Å². The lowest BCUT2D eigenvalue weighted by molar-refractivity contribution is -0.106. The van der Waals surface area contributed by atoms with E-state index in [9.17, 15) is 5.11 Å². The zero-order chi connectivity index (χ0) is 15.8. The van der Waals surface area contributed by atoms with Crippen molar-refractivity contribution in [2.24, 2.45) is 5.92 Å². The van der Waals surface area contributed by atoms with Crippen LogP contribution in [0.5, 0.6) is 11.5 Å². The van der Waals surface area contributed by atoms with Crippen molar-refractivity contribution >= 4 is 0 Å². The Morgan fingerprint density at radius 3 is 3.09 bits per heavy atom. The van der Waals surface area contributed by atoms with Crippen molar-refractivity contribution < 1.29 is 14.6 Å². The summed E-state index contributed by atoms with van der Waals surface area (Å²) in [5, 5.41) is 10.8. The normalized spacial score (nSPS) is 40.5. The van der Waals surface area contributed by atoms with Gasteiger partial charge >= 0.3 is 0 Å². The van der Waals surface area contributed by atoms with E-state index in [0.717, 1.165) is 43.7 Å². The number of ether oxygens (including phenoxy) is 2. The van der Waals surface area contributed by atoms with E-state index in [1.165, 1.54) is 11.1 Å². The quantitative estimate of drug-likeness (QED) is 0.908. The second kappa shape index (κ2) is 4.64. The predicted molar refractivity (Wildman–Crippen MR) is 87.2 cm³/mol.